The van der Waals surface area contributed by atoms with Crippen molar-refractivity contribution in [3.63, 3.8) is 0 Å². The first-order chi connectivity index (χ1) is 9.28. The summed E-state index contributed by atoms with van der Waals surface area (Å²) in [5.41, 5.74) is 1.98. The van der Waals surface area contributed by atoms with E-state index in [4.69, 9.17) is 16.3 Å². The summed E-state index contributed by atoms with van der Waals surface area (Å²) in [4.78, 5) is 4.49. The van der Waals surface area contributed by atoms with Gasteiger partial charge in [0, 0.05) is 22.2 Å². The van der Waals surface area contributed by atoms with Gasteiger partial charge < -0.3 is 4.74 Å². The van der Waals surface area contributed by atoms with E-state index in [-0.39, 0.29) is 0 Å². The van der Waals surface area contributed by atoms with Crippen molar-refractivity contribution in [3.05, 3.63) is 59.8 Å². The predicted octanol–water partition coefficient (Wildman–Crippen LogP) is 4.56. The zero-order chi connectivity index (χ0) is 13.2. The van der Waals surface area contributed by atoms with Gasteiger partial charge in [-0.15, -0.1) is 0 Å². The van der Waals surface area contributed by atoms with Gasteiger partial charge in [0.2, 0.25) is 0 Å². The highest BCUT2D eigenvalue weighted by Gasteiger charge is 2.04. The smallest absolute Gasteiger partial charge is 0.128 e. The number of ether oxygens (including phenoxy) is 1. The Bertz CT molecular complexity index is 722. The third-order valence-corrected chi connectivity index (χ3v) is 3.34. The van der Waals surface area contributed by atoms with Crippen LogP contribution in [0.2, 0.25) is 5.02 Å². The molecule has 2 nitrogen and oxygen atoms in total. The van der Waals surface area contributed by atoms with Gasteiger partial charge >= 0.3 is 0 Å². The molecule has 1 heterocycles. The van der Waals surface area contributed by atoms with Crippen LogP contribution in [-0.4, -0.2) is 12.1 Å². The zero-order valence-electron chi connectivity index (χ0n) is 10.4. The number of fused-ring (bicyclic) bond motifs is 1. The minimum absolute atomic E-state index is 0.728. The van der Waals surface area contributed by atoms with Crippen LogP contribution in [0.1, 0.15) is 0 Å². The van der Waals surface area contributed by atoms with Crippen LogP contribution >= 0.6 is 11.6 Å². The van der Waals surface area contributed by atoms with Crippen molar-refractivity contribution in [1.82, 2.24) is 4.98 Å². The van der Waals surface area contributed by atoms with Crippen LogP contribution in [0.5, 0.6) is 5.75 Å². The monoisotopic (exact) mass is 269 g/mol. The molecule has 0 aliphatic carbocycles. The largest absolute Gasteiger partial charge is 0.496 e. The maximum Gasteiger partial charge on any atom is 0.128 e. The van der Waals surface area contributed by atoms with E-state index in [9.17, 15) is 0 Å². The van der Waals surface area contributed by atoms with Crippen LogP contribution < -0.4 is 4.74 Å². The second-order valence-electron chi connectivity index (χ2n) is 4.26. The summed E-state index contributed by atoms with van der Waals surface area (Å²) in [6.07, 6.45) is 1.85. The standard InChI is InChI=1S/C16H12ClNO/c1-19-16-4-2-3-12-9-15(18-10-14(12)16)11-5-7-13(17)8-6-11/h2-10H,1H3. The molecule has 3 heteroatoms. The number of methoxy groups -OCH3 is 1. The molecule has 0 radical (unpaired) electrons. The molecular formula is C16H12ClNO. The minimum Gasteiger partial charge on any atom is -0.496 e. The lowest BCUT2D eigenvalue weighted by Gasteiger charge is -2.07. The summed E-state index contributed by atoms with van der Waals surface area (Å²) in [6, 6.07) is 15.7. The van der Waals surface area contributed by atoms with Gasteiger partial charge in [-0.3, -0.25) is 4.98 Å². The zero-order valence-corrected chi connectivity index (χ0v) is 11.2. The number of aromatic nitrogens is 1. The average molecular weight is 270 g/mol. The fourth-order valence-electron chi connectivity index (χ4n) is 2.10. The molecule has 2 aromatic carbocycles. The van der Waals surface area contributed by atoms with Crippen LogP contribution in [0.3, 0.4) is 0 Å². The summed E-state index contributed by atoms with van der Waals surface area (Å²) in [5, 5.41) is 2.85. The van der Waals surface area contributed by atoms with E-state index in [2.05, 4.69) is 17.1 Å². The second kappa shape index (κ2) is 4.90. The van der Waals surface area contributed by atoms with E-state index in [0.29, 0.717) is 0 Å². The highest BCUT2D eigenvalue weighted by Crippen LogP contribution is 2.28. The third kappa shape index (κ3) is 2.27. The fraction of sp³-hybridized carbons (Fsp3) is 0.0625. The molecule has 0 fully saturated rings. The van der Waals surface area contributed by atoms with Crippen LogP contribution in [0, 0.1) is 0 Å². The maximum atomic E-state index is 5.90. The molecule has 0 aliphatic heterocycles. The normalized spacial score (nSPS) is 10.6. The number of benzene rings is 2. The van der Waals surface area contributed by atoms with E-state index in [0.717, 1.165) is 32.8 Å². The number of hydrogen-bond acceptors (Lipinski definition) is 2. The van der Waals surface area contributed by atoms with Gasteiger partial charge in [-0.2, -0.15) is 0 Å². The number of halogens is 1. The number of pyridine rings is 1. The van der Waals surface area contributed by atoms with E-state index in [1.165, 1.54) is 0 Å². The average Bonchev–Trinajstić information content (AvgIpc) is 2.47. The van der Waals surface area contributed by atoms with Crippen molar-refractivity contribution in [1.29, 1.82) is 0 Å². The van der Waals surface area contributed by atoms with Gasteiger partial charge in [0.05, 0.1) is 12.8 Å². The number of nitrogens with zero attached hydrogens (tertiary/aromatic N) is 1. The molecule has 3 rings (SSSR count). The molecule has 1 aromatic heterocycles. The number of hydrogen-bond donors (Lipinski definition) is 0. The second-order valence-corrected chi connectivity index (χ2v) is 4.69. The molecule has 0 unspecified atom stereocenters. The summed E-state index contributed by atoms with van der Waals surface area (Å²) in [6.45, 7) is 0. The first-order valence-corrected chi connectivity index (χ1v) is 6.34. The van der Waals surface area contributed by atoms with Crippen LogP contribution in [0.4, 0.5) is 0 Å². The molecule has 0 atom stereocenters. The van der Waals surface area contributed by atoms with Crippen LogP contribution in [-0.2, 0) is 0 Å². The van der Waals surface area contributed by atoms with Crippen LogP contribution in [0.25, 0.3) is 22.0 Å². The summed E-state index contributed by atoms with van der Waals surface area (Å²) in [7, 11) is 1.67. The number of rotatable bonds is 2. The van der Waals surface area contributed by atoms with Gasteiger partial charge in [-0.1, -0.05) is 35.9 Å². The van der Waals surface area contributed by atoms with E-state index in [1.807, 2.05) is 42.6 Å². The van der Waals surface area contributed by atoms with E-state index >= 15 is 0 Å². The van der Waals surface area contributed by atoms with Gasteiger partial charge in [0.1, 0.15) is 5.75 Å². The molecular weight excluding hydrogens is 258 g/mol. The Morgan fingerprint density at radius 2 is 1.84 bits per heavy atom. The Kier molecular flexibility index (Phi) is 3.10. The lowest BCUT2D eigenvalue weighted by atomic mass is 10.1. The quantitative estimate of drug-likeness (QED) is 0.680. The first-order valence-electron chi connectivity index (χ1n) is 5.96. The Hall–Kier alpha value is -2.06. The van der Waals surface area contributed by atoms with Crippen molar-refractivity contribution in [2.24, 2.45) is 0 Å². The molecule has 0 amide bonds. The fourth-order valence-corrected chi connectivity index (χ4v) is 2.23. The van der Waals surface area contributed by atoms with Crippen molar-refractivity contribution in [2.75, 3.05) is 7.11 Å². The minimum atomic E-state index is 0.728. The topological polar surface area (TPSA) is 22.1 Å². The van der Waals surface area contributed by atoms with Crippen molar-refractivity contribution >= 4 is 22.4 Å². The molecule has 0 N–H and O–H groups in total. The van der Waals surface area contributed by atoms with Gasteiger partial charge in [-0.25, -0.2) is 0 Å². The van der Waals surface area contributed by atoms with Crippen molar-refractivity contribution < 1.29 is 4.74 Å². The van der Waals surface area contributed by atoms with Crippen molar-refractivity contribution in [2.45, 2.75) is 0 Å². The Morgan fingerprint density at radius 1 is 1.05 bits per heavy atom. The highest BCUT2D eigenvalue weighted by atomic mass is 35.5. The predicted molar refractivity (Wildman–Crippen MR) is 78.7 cm³/mol. The van der Waals surface area contributed by atoms with Gasteiger partial charge in [0.15, 0.2) is 0 Å². The molecule has 0 spiro atoms. The molecule has 0 aliphatic rings. The molecule has 94 valence electrons. The molecule has 0 bridgehead atoms. The lowest BCUT2D eigenvalue weighted by molar-refractivity contribution is 0.419. The van der Waals surface area contributed by atoms with Crippen LogP contribution in [0.15, 0.2) is 54.7 Å². The highest BCUT2D eigenvalue weighted by molar-refractivity contribution is 6.30. The van der Waals surface area contributed by atoms with Crippen molar-refractivity contribution in [3.8, 4) is 17.0 Å². The van der Waals surface area contributed by atoms with Gasteiger partial charge in [-0.05, 0) is 29.7 Å². The first kappa shape index (κ1) is 12.0. The molecule has 0 saturated heterocycles. The third-order valence-electron chi connectivity index (χ3n) is 3.08. The molecule has 0 saturated carbocycles. The van der Waals surface area contributed by atoms with E-state index in [1.54, 1.807) is 7.11 Å². The Balaban J connectivity index is 2.14. The SMILES string of the molecule is COc1cccc2cc(-c3ccc(Cl)cc3)ncc12. The summed E-state index contributed by atoms with van der Waals surface area (Å²) < 4.78 is 5.33. The lowest BCUT2D eigenvalue weighted by Crippen LogP contribution is -1.88. The maximum absolute atomic E-state index is 5.90. The van der Waals surface area contributed by atoms with Gasteiger partial charge in [0.25, 0.3) is 0 Å². The Morgan fingerprint density at radius 3 is 2.58 bits per heavy atom. The molecule has 3 aromatic rings. The summed E-state index contributed by atoms with van der Waals surface area (Å²) >= 11 is 5.90. The van der Waals surface area contributed by atoms with E-state index < -0.39 is 0 Å². The molecule has 19 heavy (non-hydrogen) atoms. The Labute approximate surface area is 116 Å². The summed E-state index contributed by atoms with van der Waals surface area (Å²) in [5.74, 6) is 0.840.